The summed E-state index contributed by atoms with van der Waals surface area (Å²) >= 11 is 0. The Hall–Kier alpha value is -1.75. The Bertz CT molecular complexity index is 531. The Morgan fingerprint density at radius 1 is 1.36 bits per heavy atom. The zero-order valence-corrected chi connectivity index (χ0v) is 13.3. The van der Waals surface area contributed by atoms with Crippen LogP contribution in [0.4, 0.5) is 11.4 Å². The lowest BCUT2D eigenvalue weighted by Gasteiger charge is -2.42. The van der Waals surface area contributed by atoms with Gasteiger partial charge in [0.25, 0.3) is 5.91 Å². The van der Waals surface area contributed by atoms with Crippen LogP contribution in [0.1, 0.15) is 36.5 Å². The maximum Gasteiger partial charge on any atom is 0.251 e. The van der Waals surface area contributed by atoms with E-state index in [2.05, 4.69) is 33.8 Å². The minimum Gasteiger partial charge on any atom is -0.381 e. The molecule has 0 bridgehead atoms. The maximum absolute atomic E-state index is 12.2. The molecule has 1 unspecified atom stereocenters. The number of benzene rings is 1. The fourth-order valence-corrected chi connectivity index (χ4v) is 3.24. The highest BCUT2D eigenvalue weighted by atomic mass is 16.1. The molecule has 1 aromatic carbocycles. The van der Waals surface area contributed by atoms with Crippen LogP contribution in [-0.2, 0) is 0 Å². The topological polar surface area (TPSA) is 56.4 Å². The number of amides is 1. The molecule has 0 aliphatic carbocycles. The molecule has 0 aromatic heterocycles. The third-order valence-corrected chi connectivity index (χ3v) is 4.51. The highest BCUT2D eigenvalue weighted by Crippen LogP contribution is 2.32. The van der Waals surface area contributed by atoms with Crippen molar-refractivity contribution in [2.75, 3.05) is 42.9 Å². The maximum atomic E-state index is 12.2. The van der Waals surface area contributed by atoms with Gasteiger partial charge < -0.3 is 20.9 Å². The Morgan fingerprint density at radius 3 is 3.14 bits per heavy atom. The Balaban J connectivity index is 1.67. The normalized spacial score (nSPS) is 19.9. The molecule has 1 saturated heterocycles. The molecule has 3 N–H and O–H groups in total. The van der Waals surface area contributed by atoms with Gasteiger partial charge in [-0.05, 0) is 24.6 Å². The molecule has 120 valence electrons. The van der Waals surface area contributed by atoms with E-state index in [0.29, 0.717) is 6.04 Å². The van der Waals surface area contributed by atoms with Gasteiger partial charge in [0.05, 0.1) is 17.4 Å². The lowest BCUT2D eigenvalue weighted by molar-refractivity contribution is 0.0953. The van der Waals surface area contributed by atoms with Crippen LogP contribution in [0.2, 0.25) is 0 Å². The summed E-state index contributed by atoms with van der Waals surface area (Å²) in [4.78, 5) is 14.7. The van der Waals surface area contributed by atoms with Crippen molar-refractivity contribution in [3.63, 3.8) is 0 Å². The second kappa shape index (κ2) is 7.01. The number of carbonyl (C=O) groups is 1. The van der Waals surface area contributed by atoms with Crippen molar-refractivity contribution in [3.05, 3.63) is 23.8 Å². The van der Waals surface area contributed by atoms with Crippen molar-refractivity contribution in [1.29, 1.82) is 0 Å². The predicted octanol–water partition coefficient (Wildman–Crippen LogP) is 1.81. The van der Waals surface area contributed by atoms with E-state index in [1.54, 1.807) is 0 Å². The van der Waals surface area contributed by atoms with E-state index in [1.165, 1.54) is 12.1 Å². The number of nitrogens with one attached hydrogen (secondary N) is 3. The first-order valence-corrected chi connectivity index (χ1v) is 8.43. The molecule has 22 heavy (non-hydrogen) atoms. The second-order valence-electron chi connectivity index (χ2n) is 6.13. The van der Waals surface area contributed by atoms with Gasteiger partial charge in [0.2, 0.25) is 0 Å². The van der Waals surface area contributed by atoms with Gasteiger partial charge in [-0.25, -0.2) is 0 Å². The summed E-state index contributed by atoms with van der Waals surface area (Å²) in [5.41, 5.74) is 3.05. The molecule has 0 spiro atoms. The van der Waals surface area contributed by atoms with Crippen LogP contribution in [0.15, 0.2) is 18.2 Å². The van der Waals surface area contributed by atoms with Gasteiger partial charge in [0.15, 0.2) is 0 Å². The average Bonchev–Trinajstić information content (AvgIpc) is 2.58. The quantitative estimate of drug-likeness (QED) is 0.726. The fraction of sp³-hybridized carbons (Fsp3) is 0.588. The van der Waals surface area contributed by atoms with Gasteiger partial charge in [-0.3, -0.25) is 4.79 Å². The largest absolute Gasteiger partial charge is 0.381 e. The second-order valence-corrected chi connectivity index (χ2v) is 6.13. The molecule has 2 aliphatic rings. The number of hydrogen-bond acceptors (Lipinski definition) is 4. The van der Waals surface area contributed by atoms with E-state index in [9.17, 15) is 4.79 Å². The third kappa shape index (κ3) is 3.19. The van der Waals surface area contributed by atoms with E-state index in [-0.39, 0.29) is 5.91 Å². The number of nitrogens with zero attached hydrogens (tertiary/aromatic N) is 1. The molecule has 5 heteroatoms. The Morgan fingerprint density at radius 2 is 2.27 bits per heavy atom. The highest BCUT2D eigenvalue weighted by molar-refractivity contribution is 5.96. The number of rotatable bonds is 5. The molecule has 2 aliphatic heterocycles. The summed E-state index contributed by atoms with van der Waals surface area (Å²) in [6, 6.07) is 6.53. The van der Waals surface area contributed by atoms with Crippen molar-refractivity contribution in [3.8, 4) is 0 Å². The van der Waals surface area contributed by atoms with Crippen molar-refractivity contribution >= 4 is 17.3 Å². The number of piperazine rings is 1. The van der Waals surface area contributed by atoms with Gasteiger partial charge in [-0.2, -0.15) is 0 Å². The number of unbranched alkanes of at least 4 members (excludes halogenated alkanes) is 2. The minimum atomic E-state index is 0.0307. The van der Waals surface area contributed by atoms with Gasteiger partial charge in [-0.1, -0.05) is 19.8 Å². The standard InChI is InChI=1S/C17H26N4O/c1-2-3-4-7-19-17(22)13-5-6-16-15(10-13)20-12-14-11-18-8-9-21(14)16/h5-6,10,14,18,20H,2-4,7-9,11-12H2,1H3,(H,19,22). The van der Waals surface area contributed by atoms with Crippen LogP contribution in [0.25, 0.3) is 0 Å². The van der Waals surface area contributed by atoms with Crippen LogP contribution in [0, 0.1) is 0 Å². The highest BCUT2D eigenvalue weighted by Gasteiger charge is 2.28. The molecule has 1 atom stereocenters. The first-order chi connectivity index (χ1) is 10.8. The smallest absolute Gasteiger partial charge is 0.251 e. The summed E-state index contributed by atoms with van der Waals surface area (Å²) < 4.78 is 0. The van der Waals surface area contributed by atoms with E-state index in [4.69, 9.17) is 0 Å². The van der Waals surface area contributed by atoms with Crippen molar-refractivity contribution in [2.24, 2.45) is 0 Å². The van der Waals surface area contributed by atoms with Crippen molar-refractivity contribution in [1.82, 2.24) is 10.6 Å². The van der Waals surface area contributed by atoms with E-state index in [0.717, 1.165) is 56.8 Å². The molecule has 0 radical (unpaired) electrons. The lowest BCUT2D eigenvalue weighted by atomic mass is 10.0. The van der Waals surface area contributed by atoms with E-state index >= 15 is 0 Å². The monoisotopic (exact) mass is 302 g/mol. The fourth-order valence-electron chi connectivity index (χ4n) is 3.24. The van der Waals surface area contributed by atoms with E-state index in [1.807, 2.05) is 12.1 Å². The van der Waals surface area contributed by atoms with Crippen LogP contribution in [0.5, 0.6) is 0 Å². The van der Waals surface area contributed by atoms with Crippen LogP contribution >= 0.6 is 0 Å². The lowest BCUT2D eigenvalue weighted by Crippen LogP contribution is -2.56. The van der Waals surface area contributed by atoms with Gasteiger partial charge >= 0.3 is 0 Å². The number of carbonyl (C=O) groups excluding carboxylic acids is 1. The summed E-state index contributed by atoms with van der Waals surface area (Å²) in [5.74, 6) is 0.0307. The average molecular weight is 302 g/mol. The molecule has 1 fully saturated rings. The van der Waals surface area contributed by atoms with Gasteiger partial charge in [0.1, 0.15) is 0 Å². The van der Waals surface area contributed by atoms with Crippen LogP contribution < -0.4 is 20.9 Å². The molecule has 5 nitrogen and oxygen atoms in total. The summed E-state index contributed by atoms with van der Waals surface area (Å²) in [6.45, 7) is 6.93. The molecule has 2 heterocycles. The molecular formula is C17H26N4O. The van der Waals surface area contributed by atoms with Crippen LogP contribution in [0.3, 0.4) is 0 Å². The molecule has 3 rings (SSSR count). The summed E-state index contributed by atoms with van der Waals surface area (Å²) in [5, 5.41) is 9.91. The number of hydrogen-bond donors (Lipinski definition) is 3. The first kappa shape index (κ1) is 15.2. The zero-order chi connectivity index (χ0) is 15.4. The van der Waals surface area contributed by atoms with Crippen molar-refractivity contribution < 1.29 is 4.79 Å². The molecule has 1 amide bonds. The molecular weight excluding hydrogens is 276 g/mol. The zero-order valence-electron chi connectivity index (χ0n) is 13.3. The summed E-state index contributed by atoms with van der Waals surface area (Å²) in [7, 11) is 0. The third-order valence-electron chi connectivity index (χ3n) is 4.51. The number of fused-ring (bicyclic) bond motifs is 3. The van der Waals surface area contributed by atoms with Gasteiger partial charge in [-0.15, -0.1) is 0 Å². The first-order valence-electron chi connectivity index (χ1n) is 8.43. The van der Waals surface area contributed by atoms with Crippen LogP contribution in [-0.4, -0.2) is 44.7 Å². The molecule has 1 aromatic rings. The Labute approximate surface area is 132 Å². The Kier molecular flexibility index (Phi) is 4.83. The van der Waals surface area contributed by atoms with E-state index < -0.39 is 0 Å². The SMILES string of the molecule is CCCCCNC(=O)c1ccc2c(c1)NCC1CNCCN21. The summed E-state index contributed by atoms with van der Waals surface area (Å²) in [6.07, 6.45) is 3.38. The number of anilines is 2. The molecule has 0 saturated carbocycles. The van der Waals surface area contributed by atoms with Gasteiger partial charge in [0, 0.05) is 38.3 Å². The van der Waals surface area contributed by atoms with Crippen molar-refractivity contribution in [2.45, 2.75) is 32.2 Å². The minimum absolute atomic E-state index is 0.0307. The predicted molar refractivity (Wildman–Crippen MR) is 90.8 cm³/mol.